The van der Waals surface area contributed by atoms with Gasteiger partial charge in [0.05, 0.1) is 10.5 Å². The molecule has 1 fully saturated rings. The molecular weight excluding hydrogens is 404 g/mol. The number of hydrogen-bond donors (Lipinski definition) is 1. The molecule has 168 valence electrons. The van der Waals surface area contributed by atoms with E-state index in [9.17, 15) is 18.0 Å². The van der Waals surface area contributed by atoms with Gasteiger partial charge < -0.3 is 10.1 Å². The first-order valence-corrected chi connectivity index (χ1v) is 12.0. The second-order valence-electron chi connectivity index (χ2n) is 8.69. The van der Waals surface area contributed by atoms with Crippen LogP contribution in [0.5, 0.6) is 0 Å². The molecule has 0 saturated carbocycles. The number of sulfonamides is 1. The third-order valence-corrected chi connectivity index (χ3v) is 7.58. The molecule has 7 nitrogen and oxygen atoms in total. The van der Waals surface area contributed by atoms with Gasteiger partial charge in [-0.25, -0.2) is 13.2 Å². The van der Waals surface area contributed by atoms with Gasteiger partial charge in [-0.1, -0.05) is 20.8 Å². The van der Waals surface area contributed by atoms with Gasteiger partial charge in [0.1, 0.15) is 0 Å². The summed E-state index contributed by atoms with van der Waals surface area (Å²) in [6, 6.07) is 2.98. The lowest BCUT2D eigenvalue weighted by molar-refractivity contribution is -0.129. The third-order valence-electron chi connectivity index (χ3n) is 5.55. The van der Waals surface area contributed by atoms with Crippen molar-refractivity contribution in [1.29, 1.82) is 0 Å². The van der Waals surface area contributed by atoms with Crippen LogP contribution in [-0.2, 0) is 19.6 Å². The van der Waals surface area contributed by atoms with Gasteiger partial charge in [0, 0.05) is 19.6 Å². The topological polar surface area (TPSA) is 92.8 Å². The summed E-state index contributed by atoms with van der Waals surface area (Å²) in [6.07, 6.45) is 0.672. The highest BCUT2D eigenvalue weighted by molar-refractivity contribution is 7.89. The van der Waals surface area contributed by atoms with Gasteiger partial charge in [0.2, 0.25) is 10.0 Å². The average Bonchev–Trinajstić information content (AvgIpc) is 2.67. The Balaban J connectivity index is 2.23. The number of piperidine rings is 1. The molecule has 0 aromatic heterocycles. The van der Waals surface area contributed by atoms with Crippen LogP contribution in [0.2, 0.25) is 0 Å². The van der Waals surface area contributed by atoms with Crippen molar-refractivity contribution in [2.75, 3.05) is 19.6 Å². The van der Waals surface area contributed by atoms with Crippen molar-refractivity contribution in [2.24, 2.45) is 11.8 Å². The van der Waals surface area contributed by atoms with Crippen LogP contribution in [0.4, 0.5) is 0 Å². The first kappa shape index (κ1) is 24.3. The number of ether oxygens (including phenoxy) is 1. The summed E-state index contributed by atoms with van der Waals surface area (Å²) in [5, 5.41) is 2.72. The second kappa shape index (κ2) is 9.92. The Labute approximate surface area is 180 Å². The van der Waals surface area contributed by atoms with E-state index in [-0.39, 0.29) is 22.3 Å². The molecule has 1 N–H and O–H groups in total. The van der Waals surface area contributed by atoms with E-state index in [2.05, 4.69) is 12.2 Å². The molecule has 8 heteroatoms. The molecule has 30 heavy (non-hydrogen) atoms. The molecule has 0 aliphatic carbocycles. The summed E-state index contributed by atoms with van der Waals surface area (Å²) in [7, 11) is -3.71. The highest BCUT2D eigenvalue weighted by atomic mass is 32.2. The highest BCUT2D eigenvalue weighted by Gasteiger charge is 2.31. The minimum absolute atomic E-state index is 0.126. The Morgan fingerprint density at radius 2 is 1.77 bits per heavy atom. The van der Waals surface area contributed by atoms with E-state index in [1.165, 1.54) is 17.3 Å². The van der Waals surface area contributed by atoms with Gasteiger partial charge >= 0.3 is 5.97 Å². The quantitative estimate of drug-likeness (QED) is 0.661. The number of carbonyl (C=O) groups is 2. The lowest BCUT2D eigenvalue weighted by atomic mass is 10.0. The number of nitrogens with one attached hydrogen (secondary N) is 1. The number of carbonyl (C=O) groups excluding carboxylic acids is 2. The fourth-order valence-electron chi connectivity index (χ4n) is 3.31. The van der Waals surface area contributed by atoms with E-state index in [4.69, 9.17) is 4.74 Å². The number of amides is 1. The molecular formula is C22H34N2O5S. The maximum atomic E-state index is 13.2. The summed E-state index contributed by atoms with van der Waals surface area (Å²) in [4.78, 5) is 24.9. The van der Waals surface area contributed by atoms with Gasteiger partial charge in [0.15, 0.2) is 6.10 Å². The summed E-state index contributed by atoms with van der Waals surface area (Å²) >= 11 is 0. The zero-order valence-corrected chi connectivity index (χ0v) is 19.6. The van der Waals surface area contributed by atoms with Crippen molar-refractivity contribution in [3.05, 3.63) is 28.8 Å². The predicted molar refractivity (Wildman–Crippen MR) is 116 cm³/mol. The summed E-state index contributed by atoms with van der Waals surface area (Å²) < 4.78 is 33.2. The SMILES string of the molecule is Cc1cc(C(=O)OC(C)C(=O)NCC(C)C)cc(S(=O)(=O)N2CCC(C)CC2)c1C. The van der Waals surface area contributed by atoms with E-state index in [0.717, 1.165) is 12.8 Å². The molecule has 1 amide bonds. The summed E-state index contributed by atoms with van der Waals surface area (Å²) in [6.45, 7) is 12.5. The van der Waals surface area contributed by atoms with Gasteiger partial charge in [0.25, 0.3) is 5.91 Å². The first-order chi connectivity index (χ1) is 13.9. The van der Waals surface area contributed by atoms with Crippen LogP contribution < -0.4 is 5.32 Å². The largest absolute Gasteiger partial charge is 0.449 e. The molecule has 0 radical (unpaired) electrons. The number of rotatable bonds is 7. The zero-order chi connectivity index (χ0) is 22.6. The molecule has 1 unspecified atom stereocenters. The van der Waals surface area contributed by atoms with E-state index in [1.807, 2.05) is 13.8 Å². The van der Waals surface area contributed by atoms with Crippen molar-refractivity contribution < 1.29 is 22.7 Å². The van der Waals surface area contributed by atoms with Gasteiger partial charge in [-0.3, -0.25) is 4.79 Å². The van der Waals surface area contributed by atoms with E-state index < -0.39 is 22.1 Å². The Hall–Kier alpha value is -1.93. The van der Waals surface area contributed by atoms with Crippen molar-refractivity contribution in [2.45, 2.75) is 65.4 Å². The zero-order valence-electron chi connectivity index (χ0n) is 18.8. The fraction of sp³-hybridized carbons (Fsp3) is 0.636. The number of hydrogen-bond acceptors (Lipinski definition) is 5. The fourth-order valence-corrected chi connectivity index (χ4v) is 5.10. The average molecular weight is 439 g/mol. The molecule has 1 aromatic carbocycles. The Bertz CT molecular complexity index is 887. The molecule has 0 bridgehead atoms. The molecule has 1 aliphatic rings. The number of nitrogens with zero attached hydrogens (tertiary/aromatic N) is 1. The maximum absolute atomic E-state index is 13.2. The molecule has 1 atom stereocenters. The first-order valence-electron chi connectivity index (χ1n) is 10.5. The lowest BCUT2D eigenvalue weighted by Gasteiger charge is -2.30. The van der Waals surface area contributed by atoms with E-state index in [0.29, 0.717) is 36.7 Å². The number of benzene rings is 1. The van der Waals surface area contributed by atoms with Crippen molar-refractivity contribution >= 4 is 21.9 Å². The standard InChI is InChI=1S/C22H34N2O5S/c1-14(2)13-23-21(25)18(6)29-22(26)19-11-16(4)17(5)20(12-19)30(27,28)24-9-7-15(3)8-10-24/h11-12,14-15,18H,7-10,13H2,1-6H3,(H,23,25). The number of esters is 1. The van der Waals surface area contributed by atoms with E-state index in [1.54, 1.807) is 19.9 Å². The predicted octanol–water partition coefficient (Wildman–Crippen LogP) is 3.04. The monoisotopic (exact) mass is 438 g/mol. The molecule has 0 spiro atoms. The van der Waals surface area contributed by atoms with Crippen LogP contribution in [0.15, 0.2) is 17.0 Å². The van der Waals surface area contributed by atoms with Crippen molar-refractivity contribution in [3.8, 4) is 0 Å². The summed E-state index contributed by atoms with van der Waals surface area (Å²) in [5.41, 5.74) is 1.43. The second-order valence-corrected chi connectivity index (χ2v) is 10.6. The van der Waals surface area contributed by atoms with Crippen LogP contribution in [0.1, 0.15) is 62.0 Å². The van der Waals surface area contributed by atoms with Crippen LogP contribution in [0, 0.1) is 25.7 Å². The lowest BCUT2D eigenvalue weighted by Crippen LogP contribution is -2.38. The smallest absolute Gasteiger partial charge is 0.338 e. The van der Waals surface area contributed by atoms with Gasteiger partial charge in [-0.2, -0.15) is 4.31 Å². The maximum Gasteiger partial charge on any atom is 0.338 e. The molecule has 1 aromatic rings. The van der Waals surface area contributed by atoms with Crippen LogP contribution in [-0.4, -0.2) is 50.3 Å². The summed E-state index contributed by atoms with van der Waals surface area (Å²) in [5.74, 6) is -0.309. The van der Waals surface area contributed by atoms with E-state index >= 15 is 0 Å². The Morgan fingerprint density at radius 3 is 2.33 bits per heavy atom. The minimum Gasteiger partial charge on any atom is -0.449 e. The Morgan fingerprint density at radius 1 is 1.17 bits per heavy atom. The molecule has 2 rings (SSSR count). The minimum atomic E-state index is -3.71. The molecule has 1 heterocycles. The van der Waals surface area contributed by atoms with Crippen LogP contribution in [0.25, 0.3) is 0 Å². The Kier molecular flexibility index (Phi) is 8.05. The highest BCUT2D eigenvalue weighted by Crippen LogP contribution is 2.28. The third kappa shape index (κ3) is 5.82. The van der Waals surface area contributed by atoms with Crippen molar-refractivity contribution in [1.82, 2.24) is 9.62 Å². The van der Waals surface area contributed by atoms with Gasteiger partial charge in [-0.05, 0) is 68.7 Å². The van der Waals surface area contributed by atoms with Crippen LogP contribution in [0.3, 0.4) is 0 Å². The van der Waals surface area contributed by atoms with Crippen LogP contribution >= 0.6 is 0 Å². The normalized spacial score (nSPS) is 17.0. The van der Waals surface area contributed by atoms with Crippen molar-refractivity contribution in [3.63, 3.8) is 0 Å². The number of aryl methyl sites for hydroxylation is 1. The molecule has 1 aliphatic heterocycles. The van der Waals surface area contributed by atoms with Gasteiger partial charge in [-0.15, -0.1) is 0 Å². The molecule has 1 saturated heterocycles.